The Balaban J connectivity index is 1.89. The van der Waals surface area contributed by atoms with Gasteiger partial charge in [-0.3, -0.25) is 4.79 Å². The largest absolute Gasteiger partial charge is 0.340 e. The van der Waals surface area contributed by atoms with Gasteiger partial charge in [0.25, 0.3) is 0 Å². The topological polar surface area (TPSA) is 22.0 Å². The van der Waals surface area contributed by atoms with Crippen LogP contribution in [0.3, 0.4) is 0 Å². The molecule has 0 unspecified atom stereocenters. The first-order chi connectivity index (χ1) is 8.78. The van der Waals surface area contributed by atoms with Crippen LogP contribution in [0.4, 0.5) is 0 Å². The van der Waals surface area contributed by atoms with E-state index in [1.165, 1.54) is 5.56 Å². The minimum Gasteiger partial charge on any atom is -0.340 e. The molecule has 2 heteroatoms. The van der Waals surface area contributed by atoms with Crippen LogP contribution in [0.25, 0.3) is 6.08 Å². The molecule has 1 aliphatic heterocycles. The number of allylic oxidation sites excluding steroid dienone is 1. The lowest BCUT2D eigenvalue weighted by molar-refractivity contribution is 0.103. The third-order valence-corrected chi connectivity index (χ3v) is 3.42. The Morgan fingerprint density at radius 2 is 2.00 bits per heavy atom. The molecule has 0 saturated heterocycles. The van der Waals surface area contributed by atoms with Crippen LogP contribution in [0.5, 0.6) is 0 Å². The first-order valence-corrected chi connectivity index (χ1v) is 6.27. The van der Waals surface area contributed by atoms with Gasteiger partial charge in [-0.15, -0.1) is 0 Å². The lowest BCUT2D eigenvalue weighted by Crippen LogP contribution is -1.94. The van der Waals surface area contributed by atoms with E-state index in [1.54, 1.807) is 0 Å². The first kappa shape index (κ1) is 11.0. The highest BCUT2D eigenvalue weighted by atomic mass is 16.1. The molecule has 0 saturated carbocycles. The number of carbonyl (C=O) groups excluding carboxylic acids is 1. The zero-order chi connectivity index (χ0) is 12.5. The zero-order valence-electron chi connectivity index (χ0n) is 10.4. The van der Waals surface area contributed by atoms with Crippen molar-refractivity contribution in [1.29, 1.82) is 0 Å². The number of Topliss-reactive ketones (excluding diaryl/α,β-unsaturated/α-hetero) is 1. The molecule has 1 aliphatic rings. The lowest BCUT2D eigenvalue weighted by atomic mass is 10.1. The summed E-state index contributed by atoms with van der Waals surface area (Å²) < 4.78 is 1.99. The van der Waals surface area contributed by atoms with E-state index in [2.05, 4.69) is 31.2 Å². The van der Waals surface area contributed by atoms with Gasteiger partial charge in [0.2, 0.25) is 5.78 Å². The van der Waals surface area contributed by atoms with Crippen molar-refractivity contribution in [3.8, 4) is 0 Å². The number of carbonyl (C=O) groups is 1. The van der Waals surface area contributed by atoms with Crippen LogP contribution >= 0.6 is 0 Å². The third-order valence-electron chi connectivity index (χ3n) is 3.42. The monoisotopic (exact) mass is 237 g/mol. The predicted octanol–water partition coefficient (Wildman–Crippen LogP) is 3.33. The van der Waals surface area contributed by atoms with Crippen molar-refractivity contribution in [2.45, 2.75) is 19.9 Å². The molecule has 18 heavy (non-hydrogen) atoms. The molecule has 3 rings (SSSR count). The van der Waals surface area contributed by atoms with Crippen LogP contribution in [-0.4, -0.2) is 10.4 Å². The second kappa shape index (κ2) is 4.30. The normalized spacial score (nSPS) is 16.3. The predicted molar refractivity (Wildman–Crippen MR) is 72.6 cm³/mol. The quantitative estimate of drug-likeness (QED) is 0.734. The van der Waals surface area contributed by atoms with Gasteiger partial charge >= 0.3 is 0 Å². The third kappa shape index (κ3) is 1.80. The number of ketones is 1. The SMILES string of the molecule is CCc1ccc(C=C2Cn3cccc3C2=O)cc1. The van der Waals surface area contributed by atoms with Crippen LogP contribution in [0.1, 0.15) is 28.5 Å². The van der Waals surface area contributed by atoms with Gasteiger partial charge in [0.15, 0.2) is 0 Å². The molecule has 0 amide bonds. The smallest absolute Gasteiger partial charge is 0.207 e. The number of aryl methyl sites for hydroxylation is 1. The van der Waals surface area contributed by atoms with E-state index in [4.69, 9.17) is 0 Å². The van der Waals surface area contributed by atoms with Gasteiger partial charge in [0.05, 0.1) is 12.2 Å². The van der Waals surface area contributed by atoms with Crippen molar-refractivity contribution < 1.29 is 4.79 Å². The lowest BCUT2D eigenvalue weighted by Gasteiger charge is -1.99. The summed E-state index contributed by atoms with van der Waals surface area (Å²) in [4.78, 5) is 12.1. The maximum Gasteiger partial charge on any atom is 0.207 e. The molecule has 0 fully saturated rings. The number of aromatic nitrogens is 1. The van der Waals surface area contributed by atoms with Crippen molar-refractivity contribution in [3.63, 3.8) is 0 Å². The molecule has 0 radical (unpaired) electrons. The van der Waals surface area contributed by atoms with Gasteiger partial charge in [-0.1, -0.05) is 31.2 Å². The second-order valence-corrected chi connectivity index (χ2v) is 4.62. The van der Waals surface area contributed by atoms with Gasteiger partial charge in [-0.05, 0) is 35.8 Å². The van der Waals surface area contributed by atoms with Crippen molar-refractivity contribution in [1.82, 2.24) is 4.57 Å². The van der Waals surface area contributed by atoms with Gasteiger partial charge in [0, 0.05) is 11.8 Å². The van der Waals surface area contributed by atoms with Crippen LogP contribution in [0.2, 0.25) is 0 Å². The maximum atomic E-state index is 12.1. The van der Waals surface area contributed by atoms with E-state index < -0.39 is 0 Å². The number of nitrogens with zero attached hydrogens (tertiary/aromatic N) is 1. The summed E-state index contributed by atoms with van der Waals surface area (Å²) in [5.74, 6) is 0.152. The van der Waals surface area contributed by atoms with E-state index in [0.717, 1.165) is 23.3 Å². The average Bonchev–Trinajstić information content (AvgIpc) is 2.95. The molecule has 0 bridgehead atoms. The summed E-state index contributed by atoms with van der Waals surface area (Å²) in [6, 6.07) is 12.2. The van der Waals surface area contributed by atoms with Crippen molar-refractivity contribution >= 4 is 11.9 Å². The Morgan fingerprint density at radius 1 is 1.22 bits per heavy atom. The Kier molecular flexibility index (Phi) is 2.63. The average molecular weight is 237 g/mol. The minimum absolute atomic E-state index is 0.152. The van der Waals surface area contributed by atoms with Gasteiger partial charge in [0.1, 0.15) is 0 Å². The summed E-state index contributed by atoms with van der Waals surface area (Å²) >= 11 is 0. The summed E-state index contributed by atoms with van der Waals surface area (Å²) in [6.45, 7) is 2.83. The number of benzene rings is 1. The Bertz CT molecular complexity index is 617. The molecule has 1 aromatic carbocycles. The van der Waals surface area contributed by atoms with E-state index >= 15 is 0 Å². The van der Waals surface area contributed by atoms with Crippen LogP contribution in [-0.2, 0) is 13.0 Å². The fourth-order valence-electron chi connectivity index (χ4n) is 2.34. The molecular formula is C16H15NO. The fourth-order valence-corrected chi connectivity index (χ4v) is 2.34. The number of hydrogen-bond acceptors (Lipinski definition) is 1. The van der Waals surface area contributed by atoms with Crippen LogP contribution < -0.4 is 0 Å². The standard InChI is InChI=1S/C16H15NO/c1-2-12-5-7-13(8-6-12)10-14-11-17-9-3-4-15(17)16(14)18/h3-10H,2,11H2,1H3. The fraction of sp³-hybridized carbons (Fsp3) is 0.188. The van der Waals surface area contributed by atoms with Crippen LogP contribution in [0.15, 0.2) is 48.2 Å². The van der Waals surface area contributed by atoms with E-state index in [9.17, 15) is 4.79 Å². The number of hydrogen-bond donors (Lipinski definition) is 0. The second-order valence-electron chi connectivity index (χ2n) is 4.62. The summed E-state index contributed by atoms with van der Waals surface area (Å²) in [7, 11) is 0. The molecular weight excluding hydrogens is 222 g/mol. The zero-order valence-corrected chi connectivity index (χ0v) is 10.4. The van der Waals surface area contributed by atoms with Gasteiger partial charge in [-0.2, -0.15) is 0 Å². The van der Waals surface area contributed by atoms with E-state index in [-0.39, 0.29) is 5.78 Å². The van der Waals surface area contributed by atoms with Gasteiger partial charge < -0.3 is 4.57 Å². The maximum absolute atomic E-state index is 12.1. The molecule has 2 aromatic rings. The number of rotatable bonds is 2. The summed E-state index contributed by atoms with van der Waals surface area (Å²) in [6.07, 6.45) is 4.99. The molecule has 0 spiro atoms. The molecule has 0 atom stereocenters. The molecule has 90 valence electrons. The molecule has 2 nitrogen and oxygen atoms in total. The first-order valence-electron chi connectivity index (χ1n) is 6.27. The van der Waals surface area contributed by atoms with E-state index in [1.807, 2.05) is 29.0 Å². The summed E-state index contributed by atoms with van der Waals surface area (Å²) in [5, 5.41) is 0. The highest BCUT2D eigenvalue weighted by molar-refractivity contribution is 6.12. The molecule has 0 N–H and O–H groups in total. The van der Waals surface area contributed by atoms with E-state index in [0.29, 0.717) is 6.54 Å². The van der Waals surface area contributed by atoms with Crippen molar-refractivity contribution in [3.05, 3.63) is 65.0 Å². The highest BCUT2D eigenvalue weighted by Crippen LogP contribution is 2.22. The van der Waals surface area contributed by atoms with Crippen molar-refractivity contribution in [2.75, 3.05) is 0 Å². The Hall–Kier alpha value is -2.09. The number of fused-ring (bicyclic) bond motifs is 1. The van der Waals surface area contributed by atoms with Crippen LogP contribution in [0, 0.1) is 0 Å². The molecule has 2 heterocycles. The molecule has 0 aliphatic carbocycles. The summed E-state index contributed by atoms with van der Waals surface area (Å²) in [5.41, 5.74) is 4.09. The molecule has 1 aromatic heterocycles. The van der Waals surface area contributed by atoms with Gasteiger partial charge in [-0.25, -0.2) is 0 Å². The Morgan fingerprint density at radius 3 is 2.67 bits per heavy atom. The van der Waals surface area contributed by atoms with Crippen molar-refractivity contribution in [2.24, 2.45) is 0 Å². The highest BCUT2D eigenvalue weighted by Gasteiger charge is 2.23. The minimum atomic E-state index is 0.152. The Labute approximate surface area is 107 Å².